The van der Waals surface area contributed by atoms with Gasteiger partial charge in [0, 0.05) is 25.2 Å². The lowest BCUT2D eigenvalue weighted by molar-refractivity contribution is -0.941. The van der Waals surface area contributed by atoms with Crippen LogP contribution in [0.1, 0.15) is 24.0 Å². The predicted octanol–water partition coefficient (Wildman–Crippen LogP) is 0.459. The maximum atomic E-state index is 13.4. The summed E-state index contributed by atoms with van der Waals surface area (Å²) in [4.78, 5) is 13.4. The van der Waals surface area contributed by atoms with Crippen LogP contribution in [0.3, 0.4) is 0 Å². The molecule has 3 aliphatic heterocycles. The van der Waals surface area contributed by atoms with E-state index < -0.39 is 11.6 Å². The Morgan fingerprint density at radius 3 is 2.30 bits per heavy atom. The predicted molar refractivity (Wildman–Crippen MR) is 113 cm³/mol. The van der Waals surface area contributed by atoms with Crippen molar-refractivity contribution in [2.45, 2.75) is 31.0 Å². The lowest BCUT2D eigenvalue weighted by Gasteiger charge is -2.51. The molecule has 0 spiro atoms. The second-order valence-electron chi connectivity index (χ2n) is 8.61. The van der Waals surface area contributed by atoms with Crippen LogP contribution in [0.2, 0.25) is 0 Å². The molecule has 0 amide bonds. The van der Waals surface area contributed by atoms with Gasteiger partial charge in [0.25, 0.3) is 0 Å². The van der Waals surface area contributed by atoms with Gasteiger partial charge in [0.1, 0.15) is 6.54 Å². The normalized spacial score (nSPS) is 26.8. The van der Waals surface area contributed by atoms with Crippen molar-refractivity contribution in [1.82, 2.24) is 0 Å². The number of ether oxygens (including phenoxy) is 1. The first-order valence-electron chi connectivity index (χ1n) is 10.5. The number of nitrogens with zero attached hydrogens (tertiary/aromatic N) is 1. The molecule has 4 nitrogen and oxygen atoms in total. The number of rotatable bonds is 7. The van der Waals surface area contributed by atoms with E-state index in [0.717, 1.165) is 49.1 Å². The second kappa shape index (κ2) is 9.46. The number of aliphatic hydroxyl groups is 1. The van der Waals surface area contributed by atoms with Gasteiger partial charge < -0.3 is 31.3 Å². The molecule has 5 heteroatoms. The number of piperidine rings is 3. The summed E-state index contributed by atoms with van der Waals surface area (Å²) in [6.07, 6.45) is 4.15. The fourth-order valence-electron chi connectivity index (χ4n) is 5.02. The molecule has 2 aromatic carbocycles. The van der Waals surface area contributed by atoms with Crippen LogP contribution < -0.4 is 17.0 Å². The summed E-state index contributed by atoms with van der Waals surface area (Å²) < 4.78 is 6.99. The quantitative estimate of drug-likeness (QED) is 0.362. The van der Waals surface area contributed by atoms with E-state index in [0.29, 0.717) is 11.5 Å². The van der Waals surface area contributed by atoms with Crippen LogP contribution >= 0.6 is 0 Å². The van der Waals surface area contributed by atoms with Crippen molar-refractivity contribution in [2.24, 2.45) is 5.92 Å². The lowest BCUT2D eigenvalue weighted by atomic mass is 9.82. The average Bonchev–Trinajstić information content (AvgIpc) is 2.76. The average molecular weight is 472 g/mol. The van der Waals surface area contributed by atoms with Crippen molar-refractivity contribution in [3.05, 3.63) is 84.4 Å². The molecule has 0 aliphatic carbocycles. The van der Waals surface area contributed by atoms with E-state index in [1.807, 2.05) is 54.6 Å². The molecule has 3 heterocycles. The largest absolute Gasteiger partial charge is 1.00 e. The van der Waals surface area contributed by atoms with E-state index in [1.165, 1.54) is 0 Å². The minimum absolute atomic E-state index is 0. The number of quaternary nitrogens is 1. The highest BCUT2D eigenvalue weighted by atomic mass is 79.9. The maximum Gasteiger partial charge on any atom is 0.343 e. The van der Waals surface area contributed by atoms with Crippen LogP contribution in [0.15, 0.2) is 73.3 Å². The molecule has 2 bridgehead atoms. The fraction of sp³-hybridized carbons (Fsp3) is 0.400. The standard InChI is InChI=1S/C25H30NO3.BrH/c1-2-15-26-16-13-21(14-17-26)23(19-26)29-24(27)25(28,22-11-7-4-8-12-22)18-20-9-5-3-6-10-20;/h2-12,21,23,28H,1,13-19H2;1H/q+1;/p-1/t21?,23-,25?,26?;/m0./s1. The second-order valence-corrected chi connectivity index (χ2v) is 8.61. The number of carbonyl (C=O) groups is 1. The third-order valence-corrected chi connectivity index (χ3v) is 6.71. The summed E-state index contributed by atoms with van der Waals surface area (Å²) in [5, 5.41) is 11.6. The van der Waals surface area contributed by atoms with Gasteiger partial charge in [-0.25, -0.2) is 4.79 Å². The molecule has 2 atom stereocenters. The molecule has 2 aromatic rings. The Balaban J connectivity index is 0.00000256. The van der Waals surface area contributed by atoms with Gasteiger partial charge in [-0.05, 0) is 17.2 Å². The molecule has 3 aliphatic rings. The molecule has 3 saturated heterocycles. The first-order chi connectivity index (χ1) is 14.0. The molecule has 160 valence electrons. The molecule has 0 aromatic heterocycles. The number of hydrogen-bond donors (Lipinski definition) is 1. The molecule has 0 saturated carbocycles. The smallest absolute Gasteiger partial charge is 0.343 e. The van der Waals surface area contributed by atoms with Gasteiger partial charge >= 0.3 is 5.97 Å². The number of halogens is 1. The van der Waals surface area contributed by atoms with Crippen molar-refractivity contribution in [2.75, 3.05) is 26.2 Å². The molecule has 3 fully saturated rings. The van der Waals surface area contributed by atoms with E-state index in [2.05, 4.69) is 6.58 Å². The monoisotopic (exact) mass is 471 g/mol. The van der Waals surface area contributed by atoms with Gasteiger partial charge in [-0.1, -0.05) is 67.2 Å². The Morgan fingerprint density at radius 2 is 1.70 bits per heavy atom. The van der Waals surface area contributed by atoms with E-state index in [1.54, 1.807) is 12.1 Å². The summed E-state index contributed by atoms with van der Waals surface area (Å²) in [6.45, 7) is 7.89. The highest BCUT2D eigenvalue weighted by Crippen LogP contribution is 2.37. The highest BCUT2D eigenvalue weighted by Gasteiger charge is 2.49. The van der Waals surface area contributed by atoms with Crippen LogP contribution in [-0.2, 0) is 21.6 Å². The van der Waals surface area contributed by atoms with Crippen molar-refractivity contribution >= 4 is 5.97 Å². The number of hydrogen-bond acceptors (Lipinski definition) is 3. The number of esters is 1. The third kappa shape index (κ3) is 4.53. The highest BCUT2D eigenvalue weighted by molar-refractivity contribution is 5.81. The van der Waals surface area contributed by atoms with Crippen LogP contribution in [0.25, 0.3) is 0 Å². The van der Waals surface area contributed by atoms with Crippen LogP contribution in [0.4, 0.5) is 0 Å². The first-order valence-corrected chi connectivity index (χ1v) is 10.5. The SMILES string of the molecule is C=CC[N+]12CCC(CC1)[C@@H](OC(=O)C(O)(Cc1ccccc1)c1ccccc1)C2.[Br-]. The Bertz CT molecular complexity index is 849. The van der Waals surface area contributed by atoms with E-state index in [9.17, 15) is 9.90 Å². The molecular weight excluding hydrogens is 442 g/mol. The Labute approximate surface area is 189 Å². The number of benzene rings is 2. The van der Waals surface area contributed by atoms with Gasteiger partial charge in [-0.3, -0.25) is 0 Å². The van der Waals surface area contributed by atoms with Gasteiger partial charge in [0.05, 0.1) is 19.6 Å². The van der Waals surface area contributed by atoms with Gasteiger partial charge in [0.15, 0.2) is 11.7 Å². The number of carbonyl (C=O) groups excluding carboxylic acids is 1. The molecule has 5 rings (SSSR count). The number of fused-ring (bicyclic) bond motifs is 3. The minimum atomic E-state index is -1.70. The Hall–Kier alpha value is -1.95. The van der Waals surface area contributed by atoms with E-state index in [-0.39, 0.29) is 29.5 Å². The minimum Gasteiger partial charge on any atom is -1.00 e. The summed E-state index contributed by atoms with van der Waals surface area (Å²) in [7, 11) is 0. The molecule has 0 radical (unpaired) electrons. The first kappa shape index (κ1) is 22.7. The van der Waals surface area contributed by atoms with Crippen molar-refractivity contribution < 1.29 is 36.1 Å². The lowest BCUT2D eigenvalue weighted by Crippen LogP contribution is -3.00. The van der Waals surface area contributed by atoms with Crippen LogP contribution in [0.5, 0.6) is 0 Å². The summed E-state index contributed by atoms with van der Waals surface area (Å²) in [5.74, 6) is -0.149. The van der Waals surface area contributed by atoms with Crippen LogP contribution in [0, 0.1) is 5.92 Å². The Kier molecular flexibility index (Phi) is 7.17. The molecule has 30 heavy (non-hydrogen) atoms. The summed E-state index contributed by atoms with van der Waals surface area (Å²) in [5.41, 5.74) is -0.220. The third-order valence-electron chi connectivity index (χ3n) is 6.71. The fourth-order valence-corrected chi connectivity index (χ4v) is 5.02. The van der Waals surface area contributed by atoms with Crippen molar-refractivity contribution in [1.29, 1.82) is 0 Å². The van der Waals surface area contributed by atoms with E-state index in [4.69, 9.17) is 4.74 Å². The zero-order chi connectivity index (χ0) is 20.3. The topological polar surface area (TPSA) is 46.5 Å². The summed E-state index contributed by atoms with van der Waals surface area (Å²) in [6, 6.07) is 18.8. The molecule has 1 unspecified atom stereocenters. The molecule has 1 N–H and O–H groups in total. The zero-order valence-electron chi connectivity index (χ0n) is 17.3. The van der Waals surface area contributed by atoms with Crippen molar-refractivity contribution in [3.8, 4) is 0 Å². The van der Waals surface area contributed by atoms with Gasteiger partial charge in [0.2, 0.25) is 0 Å². The van der Waals surface area contributed by atoms with Crippen LogP contribution in [-0.4, -0.2) is 47.8 Å². The maximum absolute atomic E-state index is 13.4. The Morgan fingerprint density at radius 1 is 1.10 bits per heavy atom. The van der Waals surface area contributed by atoms with Gasteiger partial charge in [-0.15, -0.1) is 0 Å². The van der Waals surface area contributed by atoms with E-state index >= 15 is 0 Å². The molecular formula is C25H30BrNO3. The van der Waals surface area contributed by atoms with Crippen molar-refractivity contribution in [3.63, 3.8) is 0 Å². The summed E-state index contributed by atoms with van der Waals surface area (Å²) >= 11 is 0. The zero-order valence-corrected chi connectivity index (χ0v) is 18.8. The van der Waals surface area contributed by atoms with Gasteiger partial charge in [-0.2, -0.15) is 0 Å².